The summed E-state index contributed by atoms with van der Waals surface area (Å²) < 4.78 is 12.0. The van der Waals surface area contributed by atoms with Crippen molar-refractivity contribution in [3.8, 4) is 0 Å². The zero-order chi connectivity index (χ0) is 15.4. The first-order valence-corrected chi connectivity index (χ1v) is 8.35. The highest BCUT2D eigenvalue weighted by Crippen LogP contribution is 2.32. The molecule has 21 heavy (non-hydrogen) atoms. The van der Waals surface area contributed by atoms with Gasteiger partial charge in [0.15, 0.2) is 0 Å². The highest BCUT2D eigenvalue weighted by atomic mass is 32.2. The number of amides is 1. The van der Waals surface area contributed by atoms with Gasteiger partial charge in [-0.1, -0.05) is 18.2 Å². The van der Waals surface area contributed by atoms with E-state index in [0.29, 0.717) is 9.09 Å². The molecule has 108 valence electrons. The van der Waals surface area contributed by atoms with Gasteiger partial charge in [0.1, 0.15) is 0 Å². The molecular formula is C14H13N3O2S2. The first kappa shape index (κ1) is 15.2. The Morgan fingerprint density at radius 2 is 2.05 bits per heavy atom. The quantitative estimate of drug-likeness (QED) is 0.696. The number of para-hydroxylation sites is 1. The van der Waals surface area contributed by atoms with Gasteiger partial charge in [-0.2, -0.15) is 0 Å². The number of hydrogen-bond acceptors (Lipinski definition) is 4. The molecule has 1 aromatic heterocycles. The van der Waals surface area contributed by atoms with Gasteiger partial charge in [0, 0.05) is 24.1 Å². The molecule has 0 saturated carbocycles. The molecule has 5 nitrogen and oxygen atoms in total. The fourth-order valence-electron chi connectivity index (χ4n) is 1.68. The molecule has 0 bridgehead atoms. The van der Waals surface area contributed by atoms with Crippen molar-refractivity contribution in [1.29, 1.82) is 0 Å². The topological polar surface area (TPSA) is 53.8 Å². The predicted octanol–water partition coefficient (Wildman–Crippen LogP) is 2.82. The monoisotopic (exact) mass is 319 g/mol. The number of carbonyl (C=O) groups excluding carboxylic acids is 1. The van der Waals surface area contributed by atoms with Crippen LogP contribution < -0.4 is 10.4 Å². The largest absolute Gasteiger partial charge is 0.288 e. The number of thiophene rings is 1. The minimum atomic E-state index is -1.27. The van der Waals surface area contributed by atoms with Crippen molar-refractivity contribution in [1.82, 2.24) is 5.43 Å². The highest BCUT2D eigenvalue weighted by Gasteiger charge is 2.17. The van der Waals surface area contributed by atoms with E-state index in [1.807, 2.05) is 30.3 Å². The molecule has 0 aliphatic rings. The summed E-state index contributed by atoms with van der Waals surface area (Å²) in [5.41, 5.74) is 3.83. The normalized spacial score (nSPS) is 11.5. The minimum Gasteiger partial charge on any atom is -0.288 e. The lowest BCUT2D eigenvalue weighted by Crippen LogP contribution is -2.38. The summed E-state index contributed by atoms with van der Waals surface area (Å²) in [6, 6.07) is 10.8. The number of anilines is 1. The van der Waals surface area contributed by atoms with Crippen LogP contribution in [-0.2, 0) is 10.8 Å². The summed E-state index contributed by atoms with van der Waals surface area (Å²) in [7, 11) is 0.458. The number of nitrogens with zero attached hydrogens (tertiary/aromatic N) is 2. The van der Waals surface area contributed by atoms with Gasteiger partial charge < -0.3 is 0 Å². The smallest absolute Gasteiger partial charge is 0.278 e. The van der Waals surface area contributed by atoms with E-state index in [2.05, 4.69) is 10.3 Å². The second kappa shape index (κ2) is 6.52. The van der Waals surface area contributed by atoms with Crippen molar-refractivity contribution in [2.75, 3.05) is 18.3 Å². The third-order valence-corrected chi connectivity index (χ3v) is 5.30. The van der Waals surface area contributed by atoms with Crippen LogP contribution in [0.3, 0.4) is 0 Å². The molecule has 2 aromatic rings. The number of nitrogens with one attached hydrogen (secondary N) is 1. The van der Waals surface area contributed by atoms with Gasteiger partial charge >= 0.3 is 0 Å². The van der Waals surface area contributed by atoms with E-state index < -0.39 is 10.8 Å². The number of benzene rings is 1. The van der Waals surface area contributed by atoms with Crippen molar-refractivity contribution < 1.29 is 9.00 Å². The zero-order valence-electron chi connectivity index (χ0n) is 11.5. The van der Waals surface area contributed by atoms with Gasteiger partial charge in [0.05, 0.1) is 21.3 Å². The highest BCUT2D eigenvalue weighted by molar-refractivity contribution is 7.86. The van der Waals surface area contributed by atoms with Gasteiger partial charge in [-0.25, -0.2) is 4.85 Å². The molecular weight excluding hydrogens is 306 g/mol. The van der Waals surface area contributed by atoms with E-state index in [1.165, 1.54) is 12.3 Å². The first-order valence-electron chi connectivity index (χ1n) is 5.97. The average Bonchev–Trinajstić information content (AvgIpc) is 2.92. The van der Waals surface area contributed by atoms with E-state index in [0.717, 1.165) is 17.0 Å². The van der Waals surface area contributed by atoms with E-state index in [4.69, 9.17) is 6.57 Å². The van der Waals surface area contributed by atoms with Gasteiger partial charge in [0.2, 0.25) is 5.69 Å². The van der Waals surface area contributed by atoms with Crippen molar-refractivity contribution in [3.05, 3.63) is 52.7 Å². The zero-order valence-corrected chi connectivity index (χ0v) is 13.1. The lowest BCUT2D eigenvalue weighted by Gasteiger charge is -2.19. The van der Waals surface area contributed by atoms with Crippen molar-refractivity contribution in [2.45, 2.75) is 4.21 Å². The maximum absolute atomic E-state index is 12.2. The van der Waals surface area contributed by atoms with E-state index >= 15 is 0 Å². The van der Waals surface area contributed by atoms with Crippen molar-refractivity contribution in [3.63, 3.8) is 0 Å². The molecule has 1 atom stereocenters. The average molecular weight is 319 g/mol. The van der Waals surface area contributed by atoms with Gasteiger partial charge in [-0.05, 0) is 18.2 Å². The molecule has 7 heteroatoms. The van der Waals surface area contributed by atoms with Gasteiger partial charge in [0.25, 0.3) is 5.91 Å². The standard InChI is InChI=1S/C14H13N3O2S2/c1-15-11-9-12(20-14(11)21(3)19)13(18)16-17(2)10-7-5-4-6-8-10/h4-9H,2-3H3,(H,16,18). The summed E-state index contributed by atoms with van der Waals surface area (Å²) in [4.78, 5) is 15.9. The number of hydrogen-bond donors (Lipinski definition) is 1. The maximum atomic E-state index is 12.2. The molecule has 2 rings (SSSR count). The van der Waals surface area contributed by atoms with Crippen molar-refractivity contribution in [2.24, 2.45) is 0 Å². The summed E-state index contributed by atoms with van der Waals surface area (Å²) in [5, 5.41) is 1.60. The molecule has 1 heterocycles. The Balaban J connectivity index is 2.18. The molecule has 1 N–H and O–H groups in total. The van der Waals surface area contributed by atoms with Crippen LogP contribution in [0.2, 0.25) is 0 Å². The Morgan fingerprint density at radius 3 is 2.57 bits per heavy atom. The summed E-state index contributed by atoms with van der Waals surface area (Å²) in [5.74, 6) is -0.326. The second-order valence-electron chi connectivity index (χ2n) is 4.18. The molecule has 0 aliphatic heterocycles. The Labute approximate surface area is 129 Å². The van der Waals surface area contributed by atoms with Crippen LogP contribution in [0, 0.1) is 6.57 Å². The molecule has 0 fully saturated rings. The van der Waals surface area contributed by atoms with E-state index in [1.54, 1.807) is 12.1 Å². The second-order valence-corrected chi connectivity index (χ2v) is 6.81. The van der Waals surface area contributed by atoms with Gasteiger partial charge in [-0.3, -0.25) is 19.4 Å². The first-order chi connectivity index (χ1) is 10.0. The molecule has 0 saturated heterocycles. The molecule has 0 radical (unpaired) electrons. The third-order valence-electron chi connectivity index (χ3n) is 2.70. The number of carbonyl (C=O) groups is 1. The Bertz CT molecular complexity index is 720. The third kappa shape index (κ3) is 3.48. The lowest BCUT2D eigenvalue weighted by molar-refractivity contribution is 0.0955. The van der Waals surface area contributed by atoms with Crippen LogP contribution >= 0.6 is 11.3 Å². The van der Waals surface area contributed by atoms with E-state index in [9.17, 15) is 9.00 Å². The molecule has 1 amide bonds. The summed E-state index contributed by atoms with van der Waals surface area (Å²) in [6.07, 6.45) is 1.50. The number of hydrazine groups is 1. The van der Waals surface area contributed by atoms with Crippen LogP contribution in [0.5, 0.6) is 0 Å². The van der Waals surface area contributed by atoms with Crippen LogP contribution in [0.25, 0.3) is 4.85 Å². The van der Waals surface area contributed by atoms with Crippen LogP contribution in [0.1, 0.15) is 9.67 Å². The van der Waals surface area contributed by atoms with Crippen LogP contribution in [0.15, 0.2) is 40.6 Å². The van der Waals surface area contributed by atoms with Gasteiger partial charge in [-0.15, -0.1) is 11.3 Å². The fraction of sp³-hybridized carbons (Fsp3) is 0.143. The SMILES string of the molecule is [C-]#[N+]c1cc(C(=O)NN(C)c2ccccc2)sc1S(C)=O. The summed E-state index contributed by atoms with van der Waals surface area (Å²) >= 11 is 1.08. The van der Waals surface area contributed by atoms with Crippen molar-refractivity contribution >= 4 is 39.4 Å². The Hall–Kier alpha value is -2.17. The lowest BCUT2D eigenvalue weighted by atomic mass is 10.3. The Kier molecular flexibility index (Phi) is 4.73. The molecule has 0 spiro atoms. The summed E-state index contributed by atoms with van der Waals surface area (Å²) in [6.45, 7) is 7.06. The molecule has 0 aliphatic carbocycles. The van der Waals surface area contributed by atoms with E-state index in [-0.39, 0.29) is 11.6 Å². The molecule has 1 unspecified atom stereocenters. The Morgan fingerprint density at radius 1 is 1.38 bits per heavy atom. The fourth-order valence-corrected chi connectivity index (χ4v) is 3.54. The van der Waals surface area contributed by atoms with Crippen LogP contribution in [-0.4, -0.2) is 23.4 Å². The van der Waals surface area contributed by atoms with Crippen LogP contribution in [0.4, 0.5) is 11.4 Å². The number of rotatable bonds is 4. The minimum absolute atomic E-state index is 0.272. The molecule has 1 aromatic carbocycles. The maximum Gasteiger partial charge on any atom is 0.278 e. The predicted molar refractivity (Wildman–Crippen MR) is 85.2 cm³/mol.